The zero-order valence-corrected chi connectivity index (χ0v) is 19.1. The molecule has 30 heavy (non-hydrogen) atoms. The highest BCUT2D eigenvalue weighted by molar-refractivity contribution is 5.29. The molecule has 0 bridgehead atoms. The van der Waals surface area contributed by atoms with Gasteiger partial charge in [-0.1, -0.05) is 71.4 Å². The Balaban J connectivity index is 0.00000155. The lowest BCUT2D eigenvalue weighted by Crippen LogP contribution is -2.25. The van der Waals surface area contributed by atoms with Crippen molar-refractivity contribution in [3.63, 3.8) is 0 Å². The van der Waals surface area contributed by atoms with Gasteiger partial charge in [0.15, 0.2) is 0 Å². The third-order valence-electron chi connectivity index (χ3n) is 7.13. The first kappa shape index (κ1) is 25.1. The molecule has 0 N–H and O–H groups in total. The molecule has 172 valence electrons. The Bertz CT molecular complexity index is 565. The van der Waals surface area contributed by atoms with Crippen molar-refractivity contribution in [1.82, 2.24) is 0 Å². The normalized spacial score (nSPS) is 27.1. The lowest BCUT2D eigenvalue weighted by atomic mass is 9.68. The highest BCUT2D eigenvalue weighted by atomic mass is 19.4. The average Bonchev–Trinajstić information content (AvgIpc) is 2.76. The predicted molar refractivity (Wildman–Crippen MR) is 119 cm³/mol. The van der Waals surface area contributed by atoms with Crippen LogP contribution in [0.25, 0.3) is 0 Å². The molecule has 1 aromatic rings. The van der Waals surface area contributed by atoms with Crippen LogP contribution in [0.4, 0.5) is 13.2 Å². The molecule has 1 nitrogen and oxygen atoms in total. The molecule has 0 amide bonds. The van der Waals surface area contributed by atoms with Gasteiger partial charge < -0.3 is 4.74 Å². The SMILES string of the molecule is CC.CCCCCC1CCC(C2CCC(c3ccc(OC(F)(F)F)cc3)CC2)CC1. The van der Waals surface area contributed by atoms with Crippen LogP contribution in [0, 0.1) is 17.8 Å². The number of halogens is 3. The Hall–Kier alpha value is -1.19. The minimum Gasteiger partial charge on any atom is -0.406 e. The molecule has 2 aliphatic rings. The van der Waals surface area contributed by atoms with E-state index in [2.05, 4.69) is 11.7 Å². The number of unbranched alkanes of at least 4 members (excludes halogenated alkanes) is 2. The van der Waals surface area contributed by atoms with Crippen molar-refractivity contribution in [2.75, 3.05) is 0 Å². The van der Waals surface area contributed by atoms with Crippen LogP contribution in [0.5, 0.6) is 5.75 Å². The van der Waals surface area contributed by atoms with E-state index in [1.54, 1.807) is 0 Å². The molecule has 0 aromatic heterocycles. The maximum absolute atomic E-state index is 12.3. The fourth-order valence-electron chi connectivity index (χ4n) is 5.50. The number of hydrogen-bond donors (Lipinski definition) is 0. The van der Waals surface area contributed by atoms with Gasteiger partial charge in [-0.05, 0) is 79.9 Å². The van der Waals surface area contributed by atoms with Crippen molar-refractivity contribution in [1.29, 1.82) is 0 Å². The molecule has 0 spiro atoms. The molecule has 3 rings (SSSR count). The van der Waals surface area contributed by atoms with E-state index < -0.39 is 6.36 Å². The third kappa shape index (κ3) is 8.15. The summed E-state index contributed by atoms with van der Waals surface area (Å²) in [7, 11) is 0. The van der Waals surface area contributed by atoms with Crippen molar-refractivity contribution in [2.45, 2.75) is 110 Å². The number of benzene rings is 1. The first-order valence-electron chi connectivity index (χ1n) is 12.3. The molecule has 0 unspecified atom stereocenters. The summed E-state index contributed by atoms with van der Waals surface area (Å²) in [4.78, 5) is 0. The molecular formula is C26H41F3O. The van der Waals surface area contributed by atoms with Gasteiger partial charge in [-0.15, -0.1) is 13.2 Å². The summed E-state index contributed by atoms with van der Waals surface area (Å²) in [5.41, 5.74) is 1.16. The van der Waals surface area contributed by atoms with E-state index in [1.807, 2.05) is 26.0 Å². The highest BCUT2D eigenvalue weighted by Crippen LogP contribution is 2.44. The molecule has 2 fully saturated rings. The van der Waals surface area contributed by atoms with Gasteiger partial charge in [0.1, 0.15) is 5.75 Å². The largest absolute Gasteiger partial charge is 0.573 e. The van der Waals surface area contributed by atoms with Crippen LogP contribution in [0.1, 0.15) is 109 Å². The maximum atomic E-state index is 12.3. The molecule has 0 heterocycles. The Morgan fingerprint density at radius 2 is 1.33 bits per heavy atom. The molecule has 0 aliphatic heterocycles. The lowest BCUT2D eigenvalue weighted by Gasteiger charge is -2.38. The van der Waals surface area contributed by atoms with Crippen LogP contribution < -0.4 is 4.74 Å². The van der Waals surface area contributed by atoms with Crippen molar-refractivity contribution in [2.24, 2.45) is 17.8 Å². The van der Waals surface area contributed by atoms with Crippen LogP contribution in [-0.2, 0) is 0 Å². The first-order valence-corrected chi connectivity index (χ1v) is 12.3. The van der Waals surface area contributed by atoms with E-state index in [0.29, 0.717) is 5.92 Å². The van der Waals surface area contributed by atoms with Crippen molar-refractivity contribution in [3.8, 4) is 5.75 Å². The van der Waals surface area contributed by atoms with Crippen molar-refractivity contribution < 1.29 is 17.9 Å². The second kappa shape index (κ2) is 12.6. The first-order chi connectivity index (χ1) is 14.4. The van der Waals surface area contributed by atoms with Gasteiger partial charge in [0.25, 0.3) is 0 Å². The number of ether oxygens (including phenoxy) is 1. The Morgan fingerprint density at radius 1 is 0.800 bits per heavy atom. The molecule has 1 aromatic carbocycles. The van der Waals surface area contributed by atoms with Crippen LogP contribution in [0.3, 0.4) is 0 Å². The minimum absolute atomic E-state index is 0.124. The summed E-state index contributed by atoms with van der Waals surface area (Å²) in [6.45, 7) is 6.28. The van der Waals surface area contributed by atoms with Crippen molar-refractivity contribution >= 4 is 0 Å². The van der Waals surface area contributed by atoms with E-state index in [1.165, 1.54) is 89.2 Å². The lowest BCUT2D eigenvalue weighted by molar-refractivity contribution is -0.274. The highest BCUT2D eigenvalue weighted by Gasteiger charge is 2.32. The molecule has 0 atom stereocenters. The smallest absolute Gasteiger partial charge is 0.406 e. The van der Waals surface area contributed by atoms with Crippen LogP contribution in [-0.4, -0.2) is 6.36 Å². The summed E-state index contributed by atoms with van der Waals surface area (Å²) >= 11 is 0. The van der Waals surface area contributed by atoms with E-state index >= 15 is 0 Å². The zero-order valence-electron chi connectivity index (χ0n) is 19.1. The van der Waals surface area contributed by atoms with Gasteiger partial charge in [-0.3, -0.25) is 0 Å². The summed E-state index contributed by atoms with van der Waals surface area (Å²) in [6, 6.07) is 6.53. The van der Waals surface area contributed by atoms with E-state index in [9.17, 15) is 13.2 Å². The number of alkyl halides is 3. The maximum Gasteiger partial charge on any atom is 0.573 e. The monoisotopic (exact) mass is 426 g/mol. The standard InChI is InChI=1S/C24H35F3O.C2H6/c1-2-3-4-5-18-6-8-19(9-7-18)20-10-12-21(13-11-20)22-14-16-23(17-15-22)28-24(25,26)27;1-2/h14-21H,2-13H2,1H3;1-2H3. The van der Waals surface area contributed by atoms with Gasteiger partial charge in [0.2, 0.25) is 0 Å². The summed E-state index contributed by atoms with van der Waals surface area (Å²) in [5, 5.41) is 0. The summed E-state index contributed by atoms with van der Waals surface area (Å²) < 4.78 is 40.9. The average molecular weight is 427 g/mol. The van der Waals surface area contributed by atoms with Gasteiger partial charge in [-0.2, -0.15) is 0 Å². The second-order valence-electron chi connectivity index (χ2n) is 9.01. The van der Waals surface area contributed by atoms with E-state index in [0.717, 1.165) is 23.3 Å². The number of hydrogen-bond acceptors (Lipinski definition) is 1. The zero-order chi connectivity index (χ0) is 22.0. The second-order valence-corrected chi connectivity index (χ2v) is 9.01. The van der Waals surface area contributed by atoms with Crippen LogP contribution in [0.2, 0.25) is 0 Å². The number of rotatable bonds is 7. The topological polar surface area (TPSA) is 9.23 Å². The quantitative estimate of drug-likeness (QED) is 0.395. The van der Waals surface area contributed by atoms with Crippen LogP contribution in [0.15, 0.2) is 24.3 Å². The van der Waals surface area contributed by atoms with Gasteiger partial charge in [0, 0.05) is 0 Å². The van der Waals surface area contributed by atoms with E-state index in [-0.39, 0.29) is 5.75 Å². The fourth-order valence-corrected chi connectivity index (χ4v) is 5.50. The Kier molecular flexibility index (Phi) is 10.5. The Morgan fingerprint density at radius 3 is 1.83 bits per heavy atom. The molecule has 2 saturated carbocycles. The van der Waals surface area contributed by atoms with Crippen molar-refractivity contribution in [3.05, 3.63) is 29.8 Å². The fraction of sp³-hybridized carbons (Fsp3) is 0.769. The van der Waals surface area contributed by atoms with E-state index in [4.69, 9.17) is 0 Å². The van der Waals surface area contributed by atoms with Gasteiger partial charge in [0.05, 0.1) is 0 Å². The molecular weight excluding hydrogens is 385 g/mol. The summed E-state index contributed by atoms with van der Waals surface area (Å²) in [6.07, 6.45) is 11.5. The molecule has 0 radical (unpaired) electrons. The molecule has 2 aliphatic carbocycles. The molecule has 0 saturated heterocycles. The third-order valence-corrected chi connectivity index (χ3v) is 7.13. The minimum atomic E-state index is -4.62. The predicted octanol–water partition coefficient (Wildman–Crippen LogP) is 9.27. The van der Waals surface area contributed by atoms with Gasteiger partial charge in [-0.25, -0.2) is 0 Å². The Labute approximate surface area is 181 Å². The van der Waals surface area contributed by atoms with Gasteiger partial charge >= 0.3 is 6.36 Å². The van der Waals surface area contributed by atoms with Crippen LogP contribution >= 0.6 is 0 Å². The molecule has 4 heteroatoms. The summed E-state index contributed by atoms with van der Waals surface area (Å²) in [5.74, 6) is 3.10.